The van der Waals surface area contributed by atoms with Crippen molar-refractivity contribution in [3.05, 3.63) is 83.9 Å². The molecule has 3 aromatic rings. The lowest BCUT2D eigenvalue weighted by atomic mass is 10.1. The molecule has 1 N–H and O–H groups in total. The van der Waals surface area contributed by atoms with E-state index in [1.807, 2.05) is 79.7 Å². The van der Waals surface area contributed by atoms with E-state index in [-0.39, 0.29) is 24.2 Å². The van der Waals surface area contributed by atoms with Gasteiger partial charge in [0.25, 0.3) is 0 Å². The molecular weight excluding hydrogens is 388 g/mol. The lowest BCUT2D eigenvalue weighted by molar-refractivity contribution is -0.122. The number of amides is 2. The van der Waals surface area contributed by atoms with Crippen LogP contribution in [0.15, 0.2) is 72.8 Å². The average Bonchev–Trinajstić information content (AvgIpc) is 3.18. The molecule has 1 atom stereocenters. The van der Waals surface area contributed by atoms with Crippen molar-refractivity contribution in [2.75, 3.05) is 16.8 Å². The van der Waals surface area contributed by atoms with Gasteiger partial charge in [0.05, 0.1) is 5.92 Å². The van der Waals surface area contributed by atoms with Crippen LogP contribution < -0.4 is 15.0 Å². The van der Waals surface area contributed by atoms with Crippen LogP contribution in [-0.4, -0.2) is 18.4 Å². The molecule has 0 bridgehead atoms. The molecule has 1 aliphatic heterocycles. The number of benzene rings is 3. The predicted octanol–water partition coefficient (Wildman–Crippen LogP) is 5.34. The van der Waals surface area contributed by atoms with Gasteiger partial charge in [-0.2, -0.15) is 0 Å². The molecule has 1 heterocycles. The van der Waals surface area contributed by atoms with Crippen LogP contribution in [0.3, 0.4) is 0 Å². The summed E-state index contributed by atoms with van der Waals surface area (Å²) in [6.07, 6.45) is 1.17. The SMILES string of the molecule is CCc1ccc(N2C[C@@H](C(=O)Nc3ccc(Oc4ccccc4C)cc3)CC2=O)cc1. The van der Waals surface area contributed by atoms with Crippen LogP contribution in [0.4, 0.5) is 11.4 Å². The second-order valence-electron chi connectivity index (χ2n) is 7.81. The molecule has 5 nitrogen and oxygen atoms in total. The third-order valence-corrected chi connectivity index (χ3v) is 5.60. The molecule has 31 heavy (non-hydrogen) atoms. The number of hydrogen-bond donors (Lipinski definition) is 1. The Morgan fingerprint density at radius 2 is 1.74 bits per heavy atom. The molecule has 0 saturated carbocycles. The van der Waals surface area contributed by atoms with E-state index in [0.717, 1.165) is 23.4 Å². The fourth-order valence-electron chi connectivity index (χ4n) is 3.69. The predicted molar refractivity (Wildman–Crippen MR) is 123 cm³/mol. The van der Waals surface area contributed by atoms with Crippen molar-refractivity contribution in [3.63, 3.8) is 0 Å². The second kappa shape index (κ2) is 9.04. The number of rotatable bonds is 6. The second-order valence-corrected chi connectivity index (χ2v) is 7.81. The Kier molecular flexibility index (Phi) is 6.03. The van der Waals surface area contributed by atoms with Crippen LogP contribution in [0.1, 0.15) is 24.5 Å². The van der Waals surface area contributed by atoms with Crippen LogP contribution in [0.2, 0.25) is 0 Å². The highest BCUT2D eigenvalue weighted by atomic mass is 16.5. The zero-order valence-corrected chi connectivity index (χ0v) is 17.8. The maximum atomic E-state index is 12.7. The highest BCUT2D eigenvalue weighted by Gasteiger charge is 2.35. The summed E-state index contributed by atoms with van der Waals surface area (Å²) in [6.45, 7) is 4.48. The Morgan fingerprint density at radius 3 is 2.42 bits per heavy atom. The highest BCUT2D eigenvalue weighted by Crippen LogP contribution is 2.28. The molecule has 158 valence electrons. The summed E-state index contributed by atoms with van der Waals surface area (Å²) >= 11 is 0. The van der Waals surface area contributed by atoms with Crippen molar-refractivity contribution in [3.8, 4) is 11.5 Å². The van der Waals surface area contributed by atoms with Gasteiger partial charge in [-0.3, -0.25) is 9.59 Å². The lowest BCUT2D eigenvalue weighted by Gasteiger charge is -2.17. The minimum Gasteiger partial charge on any atom is -0.457 e. The van der Waals surface area contributed by atoms with E-state index in [1.54, 1.807) is 4.90 Å². The molecule has 5 heteroatoms. The van der Waals surface area contributed by atoms with Gasteiger partial charge in [-0.1, -0.05) is 37.3 Å². The number of aryl methyl sites for hydroxylation is 2. The molecule has 0 radical (unpaired) electrons. The molecule has 0 aliphatic carbocycles. The molecule has 0 aromatic heterocycles. The minimum absolute atomic E-state index is 0.0219. The zero-order valence-electron chi connectivity index (χ0n) is 17.8. The number of para-hydroxylation sites is 1. The van der Waals surface area contributed by atoms with E-state index in [0.29, 0.717) is 18.0 Å². The van der Waals surface area contributed by atoms with Gasteiger partial charge in [-0.15, -0.1) is 0 Å². The average molecular weight is 415 g/mol. The third kappa shape index (κ3) is 4.77. The Labute approximate surface area is 182 Å². The maximum absolute atomic E-state index is 12.7. The summed E-state index contributed by atoms with van der Waals surface area (Å²) in [5.74, 6) is 0.960. The van der Waals surface area contributed by atoms with E-state index in [4.69, 9.17) is 4.74 Å². The Balaban J connectivity index is 1.37. The van der Waals surface area contributed by atoms with E-state index in [9.17, 15) is 9.59 Å². The zero-order chi connectivity index (χ0) is 21.8. The highest BCUT2D eigenvalue weighted by molar-refractivity contribution is 6.03. The standard InChI is InChI=1S/C26H26N2O3/c1-3-19-8-12-22(13-9-19)28-17-20(16-25(28)29)26(30)27-21-10-14-23(15-11-21)31-24-7-5-4-6-18(24)2/h4-15,20H,3,16-17H2,1-2H3,(H,27,30)/t20-/m0/s1. The number of hydrogen-bond acceptors (Lipinski definition) is 3. The summed E-state index contributed by atoms with van der Waals surface area (Å²) in [4.78, 5) is 26.9. The first-order valence-corrected chi connectivity index (χ1v) is 10.6. The van der Waals surface area contributed by atoms with Crippen LogP contribution in [0.25, 0.3) is 0 Å². The lowest BCUT2D eigenvalue weighted by Crippen LogP contribution is -2.28. The Morgan fingerprint density at radius 1 is 1.03 bits per heavy atom. The number of anilines is 2. The summed E-state index contributed by atoms with van der Waals surface area (Å²) in [6, 6.07) is 23.0. The van der Waals surface area contributed by atoms with Crippen molar-refractivity contribution < 1.29 is 14.3 Å². The van der Waals surface area contributed by atoms with Gasteiger partial charge in [0, 0.05) is 24.3 Å². The number of nitrogens with zero attached hydrogens (tertiary/aromatic N) is 1. The van der Waals surface area contributed by atoms with Gasteiger partial charge < -0.3 is 15.0 Å². The van der Waals surface area contributed by atoms with Crippen LogP contribution in [0, 0.1) is 12.8 Å². The van der Waals surface area contributed by atoms with Gasteiger partial charge >= 0.3 is 0 Å². The molecule has 4 rings (SSSR count). The van der Waals surface area contributed by atoms with Gasteiger partial charge in [0.2, 0.25) is 11.8 Å². The van der Waals surface area contributed by atoms with Gasteiger partial charge in [0.1, 0.15) is 11.5 Å². The minimum atomic E-state index is -0.374. The Bertz CT molecular complexity index is 1070. The van der Waals surface area contributed by atoms with E-state index in [2.05, 4.69) is 12.2 Å². The molecule has 1 saturated heterocycles. The topological polar surface area (TPSA) is 58.6 Å². The van der Waals surface area contributed by atoms with Crippen molar-refractivity contribution in [2.24, 2.45) is 5.92 Å². The maximum Gasteiger partial charge on any atom is 0.229 e. The van der Waals surface area contributed by atoms with Crippen molar-refractivity contribution in [1.29, 1.82) is 0 Å². The molecule has 1 fully saturated rings. The first-order valence-electron chi connectivity index (χ1n) is 10.6. The van der Waals surface area contributed by atoms with Crippen molar-refractivity contribution >= 4 is 23.2 Å². The molecule has 0 unspecified atom stereocenters. The molecule has 0 spiro atoms. The Hall–Kier alpha value is -3.60. The quantitative estimate of drug-likeness (QED) is 0.592. The molecule has 3 aromatic carbocycles. The van der Waals surface area contributed by atoms with E-state index >= 15 is 0 Å². The monoisotopic (exact) mass is 414 g/mol. The van der Waals surface area contributed by atoms with Gasteiger partial charge in [0.15, 0.2) is 0 Å². The number of carbonyl (C=O) groups is 2. The van der Waals surface area contributed by atoms with Gasteiger partial charge in [-0.25, -0.2) is 0 Å². The van der Waals surface area contributed by atoms with Crippen LogP contribution in [0.5, 0.6) is 11.5 Å². The first kappa shape index (κ1) is 20.7. The molecule has 2 amide bonds. The first-order chi connectivity index (χ1) is 15.0. The van der Waals surface area contributed by atoms with E-state index < -0.39 is 0 Å². The third-order valence-electron chi connectivity index (χ3n) is 5.60. The smallest absolute Gasteiger partial charge is 0.229 e. The van der Waals surface area contributed by atoms with E-state index in [1.165, 1.54) is 5.56 Å². The summed E-state index contributed by atoms with van der Waals surface area (Å²) in [7, 11) is 0. The number of carbonyl (C=O) groups excluding carboxylic acids is 2. The van der Waals surface area contributed by atoms with Gasteiger partial charge in [-0.05, 0) is 66.9 Å². The van der Waals surface area contributed by atoms with Crippen molar-refractivity contribution in [2.45, 2.75) is 26.7 Å². The normalized spacial score (nSPS) is 15.7. The summed E-state index contributed by atoms with van der Waals surface area (Å²) in [5, 5.41) is 2.92. The van der Waals surface area contributed by atoms with Crippen LogP contribution in [-0.2, 0) is 16.0 Å². The molecule has 1 aliphatic rings. The number of nitrogens with one attached hydrogen (secondary N) is 1. The van der Waals surface area contributed by atoms with Crippen molar-refractivity contribution in [1.82, 2.24) is 0 Å². The summed E-state index contributed by atoms with van der Waals surface area (Å²) in [5.41, 5.74) is 3.80. The molecular formula is C26H26N2O3. The number of ether oxygens (including phenoxy) is 1. The largest absolute Gasteiger partial charge is 0.457 e. The summed E-state index contributed by atoms with van der Waals surface area (Å²) < 4.78 is 5.90. The fourth-order valence-corrected chi connectivity index (χ4v) is 3.69. The van der Waals surface area contributed by atoms with Crippen LogP contribution >= 0.6 is 0 Å². The fraction of sp³-hybridized carbons (Fsp3) is 0.231.